The number of rotatable bonds is 6. The van der Waals surface area contributed by atoms with E-state index >= 15 is 0 Å². The van der Waals surface area contributed by atoms with Crippen LogP contribution in [0.5, 0.6) is 5.75 Å². The second kappa shape index (κ2) is 7.89. The van der Waals surface area contributed by atoms with Crippen molar-refractivity contribution in [3.63, 3.8) is 0 Å². The number of hydrogen-bond acceptors (Lipinski definition) is 2. The molecule has 2 aliphatic rings. The minimum absolute atomic E-state index is 0.0575. The van der Waals surface area contributed by atoms with Crippen molar-refractivity contribution < 1.29 is 9.53 Å². The quantitative estimate of drug-likeness (QED) is 0.531. The Morgan fingerprint density at radius 1 is 0.906 bits per heavy atom. The van der Waals surface area contributed by atoms with Crippen LogP contribution in [-0.4, -0.2) is 20.0 Å². The number of fused-ring (bicyclic) bond motifs is 3. The van der Waals surface area contributed by atoms with Gasteiger partial charge in [0, 0.05) is 12.0 Å². The van der Waals surface area contributed by atoms with Crippen molar-refractivity contribution in [1.29, 1.82) is 0 Å². The van der Waals surface area contributed by atoms with Crippen LogP contribution in [0.15, 0.2) is 78.9 Å². The number of aliphatic hydroxyl groups is 1. The van der Waals surface area contributed by atoms with Crippen LogP contribution in [-0.2, 0) is 11.8 Å². The average molecular weight is 443 g/mol. The minimum atomic E-state index is -2.65. The highest BCUT2D eigenvalue weighted by atomic mass is 28.4. The zero-order chi connectivity index (χ0) is 22.4. The van der Waals surface area contributed by atoms with Gasteiger partial charge in [-0.25, -0.2) is 0 Å². The van der Waals surface area contributed by atoms with E-state index in [1.165, 1.54) is 34.3 Å². The van der Waals surface area contributed by atoms with Crippen LogP contribution in [0, 0.1) is 5.92 Å². The zero-order valence-corrected chi connectivity index (χ0v) is 20.5. The van der Waals surface area contributed by atoms with Crippen LogP contribution in [0.3, 0.4) is 0 Å². The van der Waals surface area contributed by atoms with E-state index in [1.807, 2.05) is 0 Å². The summed E-state index contributed by atoms with van der Waals surface area (Å²) in [4.78, 5) is 0. The van der Waals surface area contributed by atoms with Gasteiger partial charge in [0.05, 0.1) is 0 Å². The van der Waals surface area contributed by atoms with Crippen molar-refractivity contribution in [3.8, 4) is 5.75 Å². The first-order chi connectivity index (χ1) is 15.4. The van der Waals surface area contributed by atoms with E-state index in [-0.39, 0.29) is 17.1 Å². The molecule has 32 heavy (non-hydrogen) atoms. The summed E-state index contributed by atoms with van der Waals surface area (Å²) in [5, 5.41) is 12.3. The van der Waals surface area contributed by atoms with Gasteiger partial charge in [-0.3, -0.25) is 0 Å². The fraction of sp³-hybridized carbons (Fsp3) is 0.379. The molecule has 1 fully saturated rings. The molecule has 2 nitrogen and oxygen atoms in total. The maximum Gasteiger partial charge on any atom is 0.319 e. The first-order valence-corrected chi connectivity index (χ1v) is 13.9. The number of aliphatic hydroxyl groups excluding tert-OH is 1. The normalized spacial score (nSPS) is 22.1. The third-order valence-corrected chi connectivity index (χ3v) is 12.8. The van der Waals surface area contributed by atoms with Gasteiger partial charge in [-0.15, -0.1) is 0 Å². The van der Waals surface area contributed by atoms with E-state index in [4.69, 9.17) is 4.43 Å². The van der Waals surface area contributed by atoms with Crippen molar-refractivity contribution in [2.45, 2.75) is 56.9 Å². The van der Waals surface area contributed by atoms with Crippen molar-refractivity contribution in [2.24, 2.45) is 5.92 Å². The topological polar surface area (TPSA) is 29.5 Å². The van der Waals surface area contributed by atoms with E-state index in [0.717, 1.165) is 24.5 Å². The van der Waals surface area contributed by atoms with Crippen LogP contribution in [0.1, 0.15) is 51.2 Å². The van der Waals surface area contributed by atoms with Gasteiger partial charge in [0.2, 0.25) is 0 Å². The van der Waals surface area contributed by atoms with E-state index < -0.39 is 8.32 Å². The molecule has 2 aliphatic carbocycles. The lowest BCUT2D eigenvalue weighted by atomic mass is 9.80. The fourth-order valence-electron chi connectivity index (χ4n) is 6.25. The summed E-state index contributed by atoms with van der Waals surface area (Å²) in [6.45, 7) is 7.26. The molecule has 2 atom stereocenters. The third kappa shape index (κ3) is 3.25. The van der Waals surface area contributed by atoms with Gasteiger partial charge in [0.1, 0.15) is 5.75 Å². The molecule has 0 aliphatic heterocycles. The Morgan fingerprint density at radius 2 is 1.53 bits per heavy atom. The predicted molar refractivity (Wildman–Crippen MR) is 134 cm³/mol. The van der Waals surface area contributed by atoms with Gasteiger partial charge in [0.15, 0.2) is 0 Å². The summed E-state index contributed by atoms with van der Waals surface area (Å²) in [6.07, 6.45) is 4.35. The molecule has 0 aromatic heterocycles. The Kier molecular flexibility index (Phi) is 5.30. The molecule has 1 saturated carbocycles. The lowest BCUT2D eigenvalue weighted by Crippen LogP contribution is -2.69. The van der Waals surface area contributed by atoms with Gasteiger partial charge < -0.3 is 9.53 Å². The maximum absolute atomic E-state index is 9.77. The molecule has 0 saturated heterocycles. The van der Waals surface area contributed by atoms with Crippen molar-refractivity contribution in [1.82, 2.24) is 0 Å². The maximum atomic E-state index is 9.77. The summed E-state index contributed by atoms with van der Waals surface area (Å²) < 4.78 is 7.40. The van der Waals surface area contributed by atoms with Crippen LogP contribution in [0.2, 0.25) is 5.04 Å². The molecule has 2 unspecified atom stereocenters. The molecule has 166 valence electrons. The van der Waals surface area contributed by atoms with E-state index in [2.05, 4.69) is 99.6 Å². The van der Waals surface area contributed by atoms with E-state index in [1.54, 1.807) is 0 Å². The standard InChI is InChI=1S/C29H34O2Si/c1-28(2,3)32(23-11-6-4-7-12-23,24-13-8-5-9-14-24)31-27-16-10-15-26-25(27)18-17-22-21-29(22,26)19-20-30/h4-16,22,30H,17-21H2,1-3H3. The first-order valence-electron chi connectivity index (χ1n) is 12.0. The number of hydrogen-bond donors (Lipinski definition) is 1. The van der Waals surface area contributed by atoms with Crippen LogP contribution in [0.25, 0.3) is 0 Å². The molecule has 0 amide bonds. The molecule has 0 bridgehead atoms. The monoisotopic (exact) mass is 442 g/mol. The molecule has 3 aromatic rings. The average Bonchev–Trinajstić information content (AvgIpc) is 3.53. The largest absolute Gasteiger partial charge is 0.534 e. The minimum Gasteiger partial charge on any atom is -0.534 e. The Labute approximate surface area is 193 Å². The molecule has 5 rings (SSSR count). The molecule has 3 aromatic carbocycles. The van der Waals surface area contributed by atoms with Gasteiger partial charge in [-0.1, -0.05) is 93.6 Å². The Hall–Kier alpha value is -2.36. The van der Waals surface area contributed by atoms with Gasteiger partial charge in [0.25, 0.3) is 0 Å². The lowest BCUT2D eigenvalue weighted by molar-refractivity contribution is 0.263. The van der Waals surface area contributed by atoms with Crippen LogP contribution < -0.4 is 14.8 Å². The summed E-state index contributed by atoms with van der Waals surface area (Å²) in [5.41, 5.74) is 2.98. The highest BCUT2D eigenvalue weighted by Crippen LogP contribution is 2.63. The second-order valence-electron chi connectivity index (χ2n) is 10.6. The Morgan fingerprint density at radius 3 is 2.09 bits per heavy atom. The van der Waals surface area contributed by atoms with Gasteiger partial charge in [-0.05, 0) is 64.2 Å². The summed E-state index contributed by atoms with van der Waals surface area (Å²) in [6, 6.07) is 28.4. The van der Waals surface area contributed by atoms with Crippen LogP contribution in [0.4, 0.5) is 0 Å². The van der Waals surface area contributed by atoms with E-state index in [0.29, 0.717) is 0 Å². The fourth-order valence-corrected chi connectivity index (χ4v) is 10.7. The Balaban J connectivity index is 1.69. The summed E-state index contributed by atoms with van der Waals surface area (Å²) >= 11 is 0. The third-order valence-electron chi connectivity index (χ3n) is 7.88. The smallest absolute Gasteiger partial charge is 0.319 e. The molecule has 0 radical (unpaired) electrons. The first kappa shape index (κ1) is 21.5. The van der Waals surface area contributed by atoms with Crippen molar-refractivity contribution in [3.05, 3.63) is 90.0 Å². The Bertz CT molecular complexity index is 1050. The summed E-state index contributed by atoms with van der Waals surface area (Å²) in [7, 11) is -2.65. The highest BCUT2D eigenvalue weighted by Gasteiger charge is 2.58. The second-order valence-corrected chi connectivity index (χ2v) is 14.8. The summed E-state index contributed by atoms with van der Waals surface area (Å²) in [5.74, 6) is 1.78. The molecular weight excluding hydrogens is 408 g/mol. The molecule has 1 N–H and O–H groups in total. The SMILES string of the molecule is CC(C)(C)[Si](Oc1cccc2c1CCC1CC21CCO)(c1ccccc1)c1ccccc1. The zero-order valence-electron chi connectivity index (χ0n) is 19.5. The van der Waals surface area contributed by atoms with Crippen molar-refractivity contribution >= 4 is 18.7 Å². The molecule has 0 spiro atoms. The van der Waals surface area contributed by atoms with Gasteiger partial charge in [-0.2, -0.15) is 0 Å². The van der Waals surface area contributed by atoms with Gasteiger partial charge >= 0.3 is 8.32 Å². The highest BCUT2D eigenvalue weighted by molar-refractivity contribution is 7.00. The molecular formula is C29H34O2Si. The molecule has 3 heteroatoms. The number of benzene rings is 3. The van der Waals surface area contributed by atoms with Crippen molar-refractivity contribution in [2.75, 3.05) is 6.61 Å². The lowest BCUT2D eigenvalue weighted by Gasteiger charge is -2.44. The van der Waals surface area contributed by atoms with Crippen LogP contribution >= 0.6 is 0 Å². The predicted octanol–water partition coefficient (Wildman–Crippen LogP) is 5.21. The van der Waals surface area contributed by atoms with E-state index in [9.17, 15) is 5.11 Å². The molecule has 0 heterocycles.